The van der Waals surface area contributed by atoms with Gasteiger partial charge in [0.05, 0.1) is 11.6 Å². The Morgan fingerprint density at radius 2 is 1.71 bits per heavy atom. The summed E-state index contributed by atoms with van der Waals surface area (Å²) in [5.74, 6) is -4.81. The Hall–Kier alpha value is -2.32. The molecule has 0 bridgehead atoms. The van der Waals surface area contributed by atoms with Crippen LogP contribution in [0, 0.1) is 28.8 Å². The lowest BCUT2D eigenvalue weighted by Crippen LogP contribution is -2.13. The Morgan fingerprint density at radius 1 is 1.10 bits per heavy atom. The van der Waals surface area contributed by atoms with Crippen molar-refractivity contribution in [1.82, 2.24) is 0 Å². The van der Waals surface area contributed by atoms with Crippen molar-refractivity contribution in [2.75, 3.05) is 0 Å². The minimum absolute atomic E-state index is 0.0642. The van der Waals surface area contributed by atoms with Crippen molar-refractivity contribution < 1.29 is 18.0 Å². The van der Waals surface area contributed by atoms with Gasteiger partial charge < -0.3 is 0 Å². The molecule has 0 radical (unpaired) electrons. The monoisotopic (exact) mass is 309 g/mol. The molecule has 6 heteroatoms. The SMILES string of the molecule is N#CC(C(=O)c1ccc(F)cc1F)c1ccc(F)cc1Cl. The van der Waals surface area contributed by atoms with Gasteiger partial charge >= 0.3 is 0 Å². The van der Waals surface area contributed by atoms with E-state index in [0.717, 1.165) is 24.3 Å². The van der Waals surface area contributed by atoms with Crippen LogP contribution in [0.15, 0.2) is 36.4 Å². The summed E-state index contributed by atoms with van der Waals surface area (Å²) < 4.78 is 39.5. The number of ketones is 1. The second kappa shape index (κ2) is 5.98. The maximum atomic E-state index is 13.6. The Bertz CT molecular complexity index is 755. The van der Waals surface area contributed by atoms with E-state index in [1.807, 2.05) is 0 Å². The lowest BCUT2D eigenvalue weighted by atomic mass is 9.91. The highest BCUT2D eigenvalue weighted by Gasteiger charge is 2.26. The molecule has 0 saturated heterocycles. The highest BCUT2D eigenvalue weighted by molar-refractivity contribution is 6.31. The first-order chi connectivity index (χ1) is 9.93. The van der Waals surface area contributed by atoms with Gasteiger partial charge in [0.15, 0.2) is 5.78 Å². The smallest absolute Gasteiger partial charge is 0.187 e. The molecule has 21 heavy (non-hydrogen) atoms. The van der Waals surface area contributed by atoms with Crippen LogP contribution in [0.5, 0.6) is 0 Å². The maximum Gasteiger partial charge on any atom is 0.187 e. The van der Waals surface area contributed by atoms with Crippen LogP contribution in [-0.4, -0.2) is 5.78 Å². The summed E-state index contributed by atoms with van der Waals surface area (Å²) in [6, 6.07) is 7.30. The number of carbonyl (C=O) groups is 1. The fraction of sp³-hybridized carbons (Fsp3) is 0.0667. The van der Waals surface area contributed by atoms with Gasteiger partial charge in [-0.15, -0.1) is 0 Å². The Balaban J connectivity index is 2.46. The minimum Gasteiger partial charge on any atom is -0.292 e. The van der Waals surface area contributed by atoms with Crippen LogP contribution in [0.4, 0.5) is 13.2 Å². The van der Waals surface area contributed by atoms with Gasteiger partial charge in [-0.1, -0.05) is 17.7 Å². The summed E-state index contributed by atoms with van der Waals surface area (Å²) in [5.41, 5.74) is -0.363. The summed E-state index contributed by atoms with van der Waals surface area (Å²) in [6.07, 6.45) is 0. The molecule has 0 fully saturated rings. The zero-order valence-corrected chi connectivity index (χ0v) is 11.2. The van der Waals surface area contributed by atoms with Crippen molar-refractivity contribution in [1.29, 1.82) is 5.26 Å². The molecular weight excluding hydrogens is 303 g/mol. The number of nitriles is 1. The van der Waals surface area contributed by atoms with Crippen LogP contribution in [0.3, 0.4) is 0 Å². The molecule has 1 atom stereocenters. The van der Waals surface area contributed by atoms with Crippen molar-refractivity contribution >= 4 is 17.4 Å². The summed E-state index contributed by atoms with van der Waals surface area (Å²) in [4.78, 5) is 12.2. The Morgan fingerprint density at radius 3 is 2.29 bits per heavy atom. The predicted molar refractivity (Wildman–Crippen MR) is 70.5 cm³/mol. The summed E-state index contributed by atoms with van der Waals surface area (Å²) in [5, 5.41) is 9.02. The first-order valence-electron chi connectivity index (χ1n) is 5.78. The molecule has 2 aromatic rings. The van der Waals surface area contributed by atoms with Crippen molar-refractivity contribution in [3.63, 3.8) is 0 Å². The van der Waals surface area contributed by atoms with E-state index in [2.05, 4.69) is 0 Å². The van der Waals surface area contributed by atoms with E-state index < -0.39 is 34.7 Å². The third-order valence-corrected chi connectivity index (χ3v) is 3.19. The molecule has 106 valence electrons. The number of halogens is 4. The van der Waals surface area contributed by atoms with Gasteiger partial charge in [0.1, 0.15) is 23.4 Å². The van der Waals surface area contributed by atoms with Crippen molar-refractivity contribution in [2.24, 2.45) is 0 Å². The third-order valence-electron chi connectivity index (χ3n) is 2.86. The molecule has 2 nitrogen and oxygen atoms in total. The van der Waals surface area contributed by atoms with E-state index in [1.54, 1.807) is 6.07 Å². The van der Waals surface area contributed by atoms with Crippen LogP contribution < -0.4 is 0 Å². The van der Waals surface area contributed by atoms with Crippen LogP contribution in [-0.2, 0) is 0 Å². The van der Waals surface area contributed by atoms with Crippen LogP contribution >= 0.6 is 11.6 Å². The number of carbonyl (C=O) groups excluding carboxylic acids is 1. The zero-order chi connectivity index (χ0) is 15.6. The number of rotatable bonds is 3. The standard InChI is InChI=1S/C15H7ClF3NO/c16-13-5-8(17)1-3-10(13)12(7-20)15(21)11-4-2-9(18)6-14(11)19/h1-6,12H. The van der Waals surface area contributed by atoms with E-state index in [9.17, 15) is 18.0 Å². The van der Waals surface area contributed by atoms with Gasteiger partial charge in [0.25, 0.3) is 0 Å². The number of benzene rings is 2. The molecule has 0 amide bonds. The molecule has 0 spiro atoms. The largest absolute Gasteiger partial charge is 0.292 e. The maximum absolute atomic E-state index is 13.6. The molecule has 0 aliphatic carbocycles. The van der Waals surface area contributed by atoms with Crippen molar-refractivity contribution in [3.05, 3.63) is 70.0 Å². The van der Waals surface area contributed by atoms with E-state index in [1.165, 1.54) is 6.07 Å². The molecule has 0 aromatic heterocycles. The highest BCUT2D eigenvalue weighted by Crippen LogP contribution is 2.28. The number of nitrogens with zero attached hydrogens (tertiary/aromatic N) is 1. The van der Waals surface area contributed by atoms with Gasteiger partial charge in [-0.05, 0) is 29.8 Å². The molecule has 0 saturated carbocycles. The van der Waals surface area contributed by atoms with Gasteiger partial charge in [0.2, 0.25) is 0 Å². The second-order valence-electron chi connectivity index (χ2n) is 4.22. The average Bonchev–Trinajstić information content (AvgIpc) is 2.41. The van der Waals surface area contributed by atoms with E-state index in [4.69, 9.17) is 16.9 Å². The van der Waals surface area contributed by atoms with Gasteiger partial charge in [-0.2, -0.15) is 5.26 Å². The van der Waals surface area contributed by atoms with E-state index in [0.29, 0.717) is 6.07 Å². The fourth-order valence-corrected chi connectivity index (χ4v) is 2.13. The highest BCUT2D eigenvalue weighted by atomic mass is 35.5. The lowest BCUT2D eigenvalue weighted by Gasteiger charge is -2.11. The lowest BCUT2D eigenvalue weighted by molar-refractivity contribution is 0.0975. The van der Waals surface area contributed by atoms with Crippen LogP contribution in [0.25, 0.3) is 0 Å². The van der Waals surface area contributed by atoms with Gasteiger partial charge in [0, 0.05) is 11.1 Å². The summed E-state index contributed by atoms with van der Waals surface area (Å²) in [6.45, 7) is 0. The van der Waals surface area contributed by atoms with Gasteiger partial charge in [-0.3, -0.25) is 4.79 Å². The zero-order valence-electron chi connectivity index (χ0n) is 10.4. The second-order valence-corrected chi connectivity index (χ2v) is 4.62. The van der Waals surface area contributed by atoms with Crippen molar-refractivity contribution in [2.45, 2.75) is 5.92 Å². The molecule has 0 aliphatic rings. The van der Waals surface area contributed by atoms with Gasteiger partial charge in [-0.25, -0.2) is 13.2 Å². The summed E-state index contributed by atoms with van der Waals surface area (Å²) in [7, 11) is 0. The number of hydrogen-bond donors (Lipinski definition) is 0. The quantitative estimate of drug-likeness (QED) is 0.795. The van der Waals surface area contributed by atoms with Crippen LogP contribution in [0.2, 0.25) is 5.02 Å². The van der Waals surface area contributed by atoms with Crippen molar-refractivity contribution in [3.8, 4) is 6.07 Å². The molecule has 0 heterocycles. The predicted octanol–water partition coefficient (Wildman–Crippen LogP) is 4.25. The van der Waals surface area contributed by atoms with Crippen LogP contribution in [0.1, 0.15) is 21.8 Å². The normalized spacial score (nSPS) is 11.8. The van der Waals surface area contributed by atoms with E-state index >= 15 is 0 Å². The molecule has 0 aliphatic heterocycles. The Kier molecular flexibility index (Phi) is 4.29. The average molecular weight is 310 g/mol. The number of Topliss-reactive ketones (excluding diaryl/α,β-unsaturated/α-hetero) is 1. The molecule has 2 rings (SSSR count). The Labute approximate surface area is 123 Å². The number of hydrogen-bond acceptors (Lipinski definition) is 2. The molecule has 1 unspecified atom stereocenters. The first-order valence-corrected chi connectivity index (χ1v) is 6.15. The first kappa shape index (κ1) is 15.1. The summed E-state index contributed by atoms with van der Waals surface area (Å²) >= 11 is 5.80. The molecular formula is C15H7ClF3NO. The molecule has 2 aromatic carbocycles. The molecule has 0 N–H and O–H groups in total. The third kappa shape index (κ3) is 3.06. The topological polar surface area (TPSA) is 40.9 Å². The fourth-order valence-electron chi connectivity index (χ4n) is 1.85. The van der Waals surface area contributed by atoms with E-state index in [-0.39, 0.29) is 10.6 Å². The minimum atomic E-state index is -1.40.